The van der Waals surface area contributed by atoms with E-state index in [1.54, 1.807) is 19.2 Å². The van der Waals surface area contributed by atoms with E-state index in [1.807, 2.05) is 36.4 Å². The van der Waals surface area contributed by atoms with Crippen molar-refractivity contribution in [1.82, 2.24) is 0 Å². The van der Waals surface area contributed by atoms with Crippen molar-refractivity contribution in [1.29, 1.82) is 0 Å². The topological polar surface area (TPSA) is 46.5 Å². The van der Waals surface area contributed by atoms with Crippen LogP contribution in [0.2, 0.25) is 0 Å². The monoisotopic (exact) mass is 244 g/mol. The van der Waals surface area contributed by atoms with E-state index in [9.17, 15) is 4.79 Å². The molecule has 0 atom stereocenters. The molecule has 1 N–H and O–H groups in total. The van der Waals surface area contributed by atoms with Gasteiger partial charge in [0.05, 0.1) is 7.11 Å². The molecule has 2 aromatic carbocycles. The summed E-state index contributed by atoms with van der Waals surface area (Å²) < 4.78 is 5.28. The Morgan fingerprint density at radius 2 is 1.72 bits per heavy atom. The van der Waals surface area contributed by atoms with Crippen LogP contribution in [0.4, 0.5) is 0 Å². The molecule has 0 aliphatic rings. The van der Waals surface area contributed by atoms with Crippen molar-refractivity contribution >= 4 is 6.29 Å². The van der Waals surface area contributed by atoms with Gasteiger partial charge in [0.25, 0.3) is 0 Å². The SMILES string of the molecule is CO.COc1cc(C=O)ccc1-c1ccccc1. The summed E-state index contributed by atoms with van der Waals surface area (Å²) in [6.45, 7) is 0. The molecular weight excluding hydrogens is 228 g/mol. The number of aliphatic hydroxyl groups excluding tert-OH is 1. The van der Waals surface area contributed by atoms with E-state index in [0.717, 1.165) is 30.3 Å². The molecule has 2 rings (SSSR count). The summed E-state index contributed by atoms with van der Waals surface area (Å²) in [6.07, 6.45) is 0.817. The number of hydrogen-bond acceptors (Lipinski definition) is 3. The number of benzene rings is 2. The van der Waals surface area contributed by atoms with Crippen LogP contribution >= 0.6 is 0 Å². The Labute approximate surface area is 107 Å². The zero-order chi connectivity index (χ0) is 13.4. The summed E-state index contributed by atoms with van der Waals surface area (Å²) in [4.78, 5) is 10.7. The molecule has 0 aromatic heterocycles. The molecule has 0 heterocycles. The minimum Gasteiger partial charge on any atom is -0.496 e. The molecule has 0 aliphatic carbocycles. The number of ether oxygens (including phenoxy) is 1. The smallest absolute Gasteiger partial charge is 0.150 e. The van der Waals surface area contributed by atoms with E-state index in [2.05, 4.69) is 0 Å². The molecule has 2 aromatic rings. The van der Waals surface area contributed by atoms with Gasteiger partial charge in [0.1, 0.15) is 12.0 Å². The Morgan fingerprint density at radius 3 is 2.28 bits per heavy atom. The molecule has 0 aliphatic heterocycles. The van der Waals surface area contributed by atoms with Crippen LogP contribution in [0.3, 0.4) is 0 Å². The molecule has 94 valence electrons. The average Bonchev–Trinajstić information content (AvgIpc) is 2.49. The van der Waals surface area contributed by atoms with Crippen LogP contribution in [0.1, 0.15) is 10.4 Å². The van der Waals surface area contributed by atoms with Gasteiger partial charge >= 0.3 is 0 Å². The molecule has 0 saturated carbocycles. The highest BCUT2D eigenvalue weighted by atomic mass is 16.5. The predicted octanol–water partition coefficient (Wildman–Crippen LogP) is 2.78. The number of aliphatic hydroxyl groups is 1. The van der Waals surface area contributed by atoms with Crippen LogP contribution in [0.5, 0.6) is 5.75 Å². The van der Waals surface area contributed by atoms with E-state index < -0.39 is 0 Å². The summed E-state index contributed by atoms with van der Waals surface area (Å²) in [7, 11) is 2.61. The number of carbonyl (C=O) groups is 1. The first kappa shape index (κ1) is 13.9. The van der Waals surface area contributed by atoms with Gasteiger partial charge < -0.3 is 9.84 Å². The van der Waals surface area contributed by atoms with Crippen molar-refractivity contribution in [2.45, 2.75) is 0 Å². The molecule has 0 unspecified atom stereocenters. The van der Waals surface area contributed by atoms with Gasteiger partial charge in [0.2, 0.25) is 0 Å². The zero-order valence-corrected chi connectivity index (χ0v) is 10.5. The summed E-state index contributed by atoms with van der Waals surface area (Å²) in [6, 6.07) is 15.4. The number of hydrogen-bond donors (Lipinski definition) is 1. The second-order valence-electron chi connectivity index (χ2n) is 3.44. The molecular formula is C15H16O3. The maximum absolute atomic E-state index is 10.7. The average molecular weight is 244 g/mol. The van der Waals surface area contributed by atoms with E-state index in [0.29, 0.717) is 5.56 Å². The molecule has 3 heteroatoms. The second kappa shape index (κ2) is 7.25. The third-order valence-electron chi connectivity index (χ3n) is 2.45. The maximum Gasteiger partial charge on any atom is 0.150 e. The Balaban J connectivity index is 0.000000771. The van der Waals surface area contributed by atoms with E-state index in [4.69, 9.17) is 9.84 Å². The van der Waals surface area contributed by atoms with Gasteiger partial charge in [-0.2, -0.15) is 0 Å². The summed E-state index contributed by atoms with van der Waals surface area (Å²) in [5, 5.41) is 7.00. The lowest BCUT2D eigenvalue weighted by molar-refractivity contribution is 0.112. The fourth-order valence-electron chi connectivity index (χ4n) is 1.64. The maximum atomic E-state index is 10.7. The van der Waals surface area contributed by atoms with E-state index >= 15 is 0 Å². The second-order valence-corrected chi connectivity index (χ2v) is 3.44. The van der Waals surface area contributed by atoms with Crippen LogP contribution in [-0.4, -0.2) is 25.6 Å². The highest BCUT2D eigenvalue weighted by Crippen LogP contribution is 2.30. The predicted molar refractivity (Wildman–Crippen MR) is 72.0 cm³/mol. The van der Waals surface area contributed by atoms with Gasteiger partial charge in [0, 0.05) is 18.2 Å². The Morgan fingerprint density at radius 1 is 1.06 bits per heavy atom. The van der Waals surface area contributed by atoms with Crippen LogP contribution in [-0.2, 0) is 0 Å². The van der Waals surface area contributed by atoms with Gasteiger partial charge in [0.15, 0.2) is 0 Å². The first-order chi connectivity index (χ1) is 8.85. The third kappa shape index (κ3) is 3.18. The van der Waals surface area contributed by atoms with Gasteiger partial charge in [-0.1, -0.05) is 36.4 Å². The minimum absolute atomic E-state index is 0.622. The summed E-state index contributed by atoms with van der Waals surface area (Å²) in [5.41, 5.74) is 2.70. The Hall–Kier alpha value is -2.13. The van der Waals surface area contributed by atoms with E-state index in [1.165, 1.54) is 0 Å². The standard InChI is InChI=1S/C14H12O2.CH4O/c1-16-14-9-11(10-15)7-8-13(14)12-5-3-2-4-6-12;1-2/h2-10H,1H3;2H,1H3. The summed E-state index contributed by atoms with van der Waals surface area (Å²) >= 11 is 0. The van der Waals surface area contributed by atoms with Crippen molar-refractivity contribution in [2.24, 2.45) is 0 Å². The Bertz CT molecular complexity index is 492. The first-order valence-corrected chi connectivity index (χ1v) is 5.48. The van der Waals surface area contributed by atoms with Crippen molar-refractivity contribution in [3.05, 3.63) is 54.1 Å². The van der Waals surface area contributed by atoms with Gasteiger partial charge in [-0.15, -0.1) is 0 Å². The highest BCUT2D eigenvalue weighted by Gasteiger charge is 2.05. The fraction of sp³-hybridized carbons (Fsp3) is 0.133. The van der Waals surface area contributed by atoms with Crippen molar-refractivity contribution in [2.75, 3.05) is 14.2 Å². The Kier molecular flexibility index (Phi) is 5.61. The van der Waals surface area contributed by atoms with Crippen LogP contribution < -0.4 is 4.74 Å². The van der Waals surface area contributed by atoms with Gasteiger partial charge in [-0.05, 0) is 17.7 Å². The molecule has 0 spiro atoms. The lowest BCUT2D eigenvalue weighted by Gasteiger charge is -2.08. The summed E-state index contributed by atoms with van der Waals surface area (Å²) in [5.74, 6) is 0.718. The van der Waals surface area contributed by atoms with E-state index in [-0.39, 0.29) is 0 Å². The number of carbonyl (C=O) groups excluding carboxylic acids is 1. The molecule has 18 heavy (non-hydrogen) atoms. The number of rotatable bonds is 3. The first-order valence-electron chi connectivity index (χ1n) is 5.48. The molecule has 3 nitrogen and oxygen atoms in total. The molecule has 0 amide bonds. The lowest BCUT2D eigenvalue weighted by atomic mass is 10.0. The lowest BCUT2D eigenvalue weighted by Crippen LogP contribution is -1.90. The largest absolute Gasteiger partial charge is 0.496 e. The molecule has 0 radical (unpaired) electrons. The van der Waals surface area contributed by atoms with Gasteiger partial charge in [-0.25, -0.2) is 0 Å². The minimum atomic E-state index is 0.622. The molecule has 0 saturated heterocycles. The van der Waals surface area contributed by atoms with Gasteiger partial charge in [-0.3, -0.25) is 4.79 Å². The van der Waals surface area contributed by atoms with Crippen molar-refractivity contribution in [3.63, 3.8) is 0 Å². The number of methoxy groups -OCH3 is 1. The van der Waals surface area contributed by atoms with Crippen molar-refractivity contribution < 1.29 is 14.6 Å². The molecule has 0 fully saturated rings. The highest BCUT2D eigenvalue weighted by molar-refractivity contribution is 5.80. The van der Waals surface area contributed by atoms with Crippen LogP contribution in [0, 0.1) is 0 Å². The van der Waals surface area contributed by atoms with Crippen molar-refractivity contribution in [3.8, 4) is 16.9 Å². The van der Waals surface area contributed by atoms with Crippen LogP contribution in [0.25, 0.3) is 11.1 Å². The normalized spacial score (nSPS) is 9.06. The third-order valence-corrected chi connectivity index (χ3v) is 2.45. The molecule has 0 bridgehead atoms. The quantitative estimate of drug-likeness (QED) is 0.844. The fourth-order valence-corrected chi connectivity index (χ4v) is 1.64. The van der Waals surface area contributed by atoms with Crippen LogP contribution in [0.15, 0.2) is 48.5 Å². The zero-order valence-electron chi connectivity index (χ0n) is 10.5. The number of aldehydes is 1.